The molecule has 2 heterocycles. The van der Waals surface area contributed by atoms with E-state index in [4.69, 9.17) is 0 Å². The number of fused-ring (bicyclic) bond motifs is 2. The van der Waals surface area contributed by atoms with Crippen LogP contribution in [0.15, 0.2) is 73.1 Å². The maximum absolute atomic E-state index is 4.43. The van der Waals surface area contributed by atoms with Gasteiger partial charge >= 0.3 is 0 Å². The third-order valence-corrected chi connectivity index (χ3v) is 6.53. The van der Waals surface area contributed by atoms with Crippen LogP contribution in [0.1, 0.15) is 64.2 Å². The Balaban J connectivity index is 0.971. The zero-order valence-electron chi connectivity index (χ0n) is 20.3. The number of aromatic nitrogens is 2. The lowest BCUT2D eigenvalue weighted by atomic mass is 10.1. The lowest BCUT2D eigenvalue weighted by Crippen LogP contribution is -2.02. The van der Waals surface area contributed by atoms with Gasteiger partial charge in [-0.1, -0.05) is 87.8 Å². The molecule has 0 amide bonds. The number of pyridine rings is 2. The van der Waals surface area contributed by atoms with Crippen molar-refractivity contribution < 1.29 is 0 Å². The topological polar surface area (TPSA) is 49.8 Å². The monoisotopic (exact) mass is 454 g/mol. The van der Waals surface area contributed by atoms with E-state index in [0.717, 1.165) is 24.1 Å². The van der Waals surface area contributed by atoms with Crippen molar-refractivity contribution in [3.63, 3.8) is 0 Å². The Labute approximate surface area is 204 Å². The molecule has 0 spiro atoms. The molecule has 4 aromatic rings. The molecular weight excluding hydrogens is 416 g/mol. The molecule has 34 heavy (non-hydrogen) atoms. The normalized spacial score (nSPS) is 11.2. The van der Waals surface area contributed by atoms with Gasteiger partial charge < -0.3 is 10.6 Å². The SMILES string of the molecule is c1ccc2c(NCCCCCCCCCCCCNc3ccnc4ccccc34)ccnc2c1. The molecule has 2 N–H and O–H groups in total. The van der Waals surface area contributed by atoms with Crippen LogP contribution in [-0.4, -0.2) is 23.1 Å². The number of unbranched alkanes of at least 4 members (excludes halogenated alkanes) is 9. The summed E-state index contributed by atoms with van der Waals surface area (Å²) in [5, 5.41) is 9.62. The summed E-state index contributed by atoms with van der Waals surface area (Å²) in [6, 6.07) is 20.8. The number of hydrogen-bond acceptors (Lipinski definition) is 4. The first-order valence-electron chi connectivity index (χ1n) is 13.1. The third-order valence-electron chi connectivity index (χ3n) is 6.53. The van der Waals surface area contributed by atoms with Crippen LogP contribution in [0.5, 0.6) is 0 Å². The Bertz CT molecular complexity index is 1040. The Morgan fingerprint density at radius 2 is 0.824 bits per heavy atom. The molecule has 0 bridgehead atoms. The average Bonchev–Trinajstić information content (AvgIpc) is 2.89. The minimum Gasteiger partial charge on any atom is -0.384 e. The molecule has 4 nitrogen and oxygen atoms in total. The van der Waals surface area contributed by atoms with Crippen LogP contribution in [0.25, 0.3) is 21.8 Å². The predicted octanol–water partition coefficient (Wildman–Crippen LogP) is 8.21. The van der Waals surface area contributed by atoms with Crippen LogP contribution in [-0.2, 0) is 0 Å². The van der Waals surface area contributed by atoms with E-state index in [1.807, 2.05) is 24.5 Å². The van der Waals surface area contributed by atoms with Crippen LogP contribution >= 0.6 is 0 Å². The smallest absolute Gasteiger partial charge is 0.0722 e. The number of nitrogens with one attached hydrogen (secondary N) is 2. The van der Waals surface area contributed by atoms with Crippen molar-refractivity contribution in [2.45, 2.75) is 64.2 Å². The van der Waals surface area contributed by atoms with Crippen LogP contribution in [0.2, 0.25) is 0 Å². The summed E-state index contributed by atoms with van der Waals surface area (Å²) in [7, 11) is 0. The maximum atomic E-state index is 4.43. The Hall–Kier alpha value is -3.14. The van der Waals surface area contributed by atoms with E-state index in [2.05, 4.69) is 69.1 Å². The highest BCUT2D eigenvalue weighted by molar-refractivity contribution is 5.91. The van der Waals surface area contributed by atoms with Crippen molar-refractivity contribution >= 4 is 33.2 Å². The molecule has 0 aliphatic rings. The molecule has 0 radical (unpaired) electrons. The van der Waals surface area contributed by atoms with Crippen molar-refractivity contribution in [2.24, 2.45) is 0 Å². The van der Waals surface area contributed by atoms with Gasteiger partial charge in [0.1, 0.15) is 0 Å². The molecule has 0 saturated heterocycles. The third kappa shape index (κ3) is 7.18. The van der Waals surface area contributed by atoms with E-state index in [1.165, 1.54) is 86.4 Å². The molecular formula is C30H38N4. The van der Waals surface area contributed by atoms with Gasteiger partial charge in [0.2, 0.25) is 0 Å². The summed E-state index contributed by atoms with van der Waals surface area (Å²) in [5.74, 6) is 0. The largest absolute Gasteiger partial charge is 0.384 e. The molecule has 178 valence electrons. The van der Waals surface area contributed by atoms with Crippen molar-refractivity contribution in [3.8, 4) is 0 Å². The van der Waals surface area contributed by atoms with Crippen LogP contribution < -0.4 is 10.6 Å². The number of hydrogen-bond donors (Lipinski definition) is 2. The van der Waals surface area contributed by atoms with Crippen LogP contribution in [0.3, 0.4) is 0 Å². The van der Waals surface area contributed by atoms with E-state index in [-0.39, 0.29) is 0 Å². The predicted molar refractivity (Wildman–Crippen MR) is 147 cm³/mol. The molecule has 0 aliphatic heterocycles. The quantitative estimate of drug-likeness (QED) is 0.178. The summed E-state index contributed by atoms with van der Waals surface area (Å²) >= 11 is 0. The van der Waals surface area contributed by atoms with Crippen LogP contribution in [0.4, 0.5) is 11.4 Å². The summed E-state index contributed by atoms with van der Waals surface area (Å²) in [5.41, 5.74) is 4.53. The zero-order chi connectivity index (χ0) is 23.3. The van der Waals surface area contributed by atoms with Gasteiger partial charge in [-0.15, -0.1) is 0 Å². The maximum Gasteiger partial charge on any atom is 0.0722 e. The first-order valence-corrected chi connectivity index (χ1v) is 13.1. The fourth-order valence-corrected chi connectivity index (χ4v) is 4.61. The molecule has 0 atom stereocenters. The standard InChI is InChI=1S/C30H38N4/c1(3-5-7-13-21-31-29-19-23-33-27-17-11-9-15-25(27)29)2-4-6-8-14-22-32-30-20-24-34-28-18-12-10-16-26(28)30/h9-12,15-20,23-24H,1-8,13-14,21-22H2,(H,31,33)(H,32,34). The molecule has 0 unspecified atom stereocenters. The lowest BCUT2D eigenvalue weighted by Gasteiger charge is -2.09. The van der Waals surface area contributed by atoms with Gasteiger partial charge in [0.05, 0.1) is 11.0 Å². The molecule has 2 aromatic carbocycles. The minimum absolute atomic E-state index is 1.04. The van der Waals surface area contributed by atoms with E-state index < -0.39 is 0 Å². The summed E-state index contributed by atoms with van der Waals surface area (Å²) in [4.78, 5) is 8.87. The van der Waals surface area contributed by atoms with Crippen molar-refractivity contribution in [1.82, 2.24) is 9.97 Å². The van der Waals surface area contributed by atoms with Gasteiger partial charge in [-0.25, -0.2) is 0 Å². The van der Waals surface area contributed by atoms with E-state index in [0.29, 0.717) is 0 Å². The fourth-order valence-electron chi connectivity index (χ4n) is 4.61. The molecule has 0 saturated carbocycles. The average molecular weight is 455 g/mol. The first-order chi connectivity index (χ1) is 16.9. The highest BCUT2D eigenvalue weighted by Gasteiger charge is 2.01. The highest BCUT2D eigenvalue weighted by atomic mass is 14.9. The number of anilines is 2. The number of rotatable bonds is 15. The van der Waals surface area contributed by atoms with Gasteiger partial charge in [0.25, 0.3) is 0 Å². The molecule has 2 aromatic heterocycles. The number of benzene rings is 2. The molecule has 4 rings (SSSR count). The lowest BCUT2D eigenvalue weighted by molar-refractivity contribution is 0.557. The van der Waals surface area contributed by atoms with Gasteiger partial charge in [-0.3, -0.25) is 9.97 Å². The van der Waals surface area contributed by atoms with E-state index in [1.54, 1.807) is 0 Å². The van der Waals surface area contributed by atoms with Crippen LogP contribution in [0, 0.1) is 0 Å². The minimum atomic E-state index is 1.04. The number of para-hydroxylation sites is 2. The fraction of sp³-hybridized carbons (Fsp3) is 0.400. The molecule has 0 aliphatic carbocycles. The highest BCUT2D eigenvalue weighted by Crippen LogP contribution is 2.22. The second-order valence-electron chi connectivity index (χ2n) is 9.14. The van der Waals surface area contributed by atoms with E-state index >= 15 is 0 Å². The van der Waals surface area contributed by atoms with Gasteiger partial charge in [0.15, 0.2) is 0 Å². The molecule has 0 fully saturated rings. The molecule has 4 heteroatoms. The number of nitrogens with zero attached hydrogens (tertiary/aromatic N) is 2. The Morgan fingerprint density at radius 1 is 0.441 bits per heavy atom. The van der Waals surface area contributed by atoms with Crippen molar-refractivity contribution in [2.75, 3.05) is 23.7 Å². The van der Waals surface area contributed by atoms with Gasteiger partial charge in [-0.2, -0.15) is 0 Å². The van der Waals surface area contributed by atoms with Gasteiger partial charge in [-0.05, 0) is 37.1 Å². The summed E-state index contributed by atoms with van der Waals surface area (Å²) in [6.07, 6.45) is 17.1. The second kappa shape index (κ2) is 13.5. The Kier molecular flexibility index (Phi) is 9.56. The summed E-state index contributed by atoms with van der Waals surface area (Å²) < 4.78 is 0. The summed E-state index contributed by atoms with van der Waals surface area (Å²) in [6.45, 7) is 2.08. The first kappa shape index (κ1) is 24.0. The van der Waals surface area contributed by atoms with Crippen molar-refractivity contribution in [1.29, 1.82) is 0 Å². The van der Waals surface area contributed by atoms with Crippen molar-refractivity contribution in [3.05, 3.63) is 73.1 Å². The Morgan fingerprint density at radius 3 is 1.26 bits per heavy atom. The van der Waals surface area contributed by atoms with E-state index in [9.17, 15) is 0 Å². The zero-order valence-corrected chi connectivity index (χ0v) is 20.3. The van der Waals surface area contributed by atoms with Gasteiger partial charge in [0, 0.05) is 47.6 Å². The second-order valence-corrected chi connectivity index (χ2v) is 9.14.